The first-order chi connectivity index (χ1) is 16.0. The molecule has 5 rings (SSSR count). The number of para-hydroxylation sites is 2. The number of halogens is 1. The molecule has 1 aromatic heterocycles. The van der Waals surface area contributed by atoms with E-state index >= 15 is 0 Å². The number of benzene rings is 4. The molecule has 0 aliphatic rings. The van der Waals surface area contributed by atoms with Crippen LogP contribution < -0.4 is 0 Å². The summed E-state index contributed by atoms with van der Waals surface area (Å²) >= 11 is 1.41. The van der Waals surface area contributed by atoms with Crippen molar-refractivity contribution in [2.75, 3.05) is 0 Å². The maximum absolute atomic E-state index is 13.6. The van der Waals surface area contributed by atoms with Crippen molar-refractivity contribution in [2.45, 2.75) is 0 Å². The molecule has 0 bridgehead atoms. The molecule has 0 saturated heterocycles. The Hall–Kier alpha value is -4.23. The van der Waals surface area contributed by atoms with Gasteiger partial charge in [-0.05, 0) is 54.1 Å². The fourth-order valence-electron chi connectivity index (χ4n) is 3.53. The summed E-state index contributed by atoms with van der Waals surface area (Å²) in [6.07, 6.45) is 1.41. The van der Waals surface area contributed by atoms with Crippen LogP contribution in [0.15, 0.2) is 83.9 Å². The minimum atomic E-state index is -0.708. The number of aromatic hydroxyl groups is 3. The molecule has 5 aromatic rings. The number of aliphatic imine (C=N–C) groups is 1. The zero-order valence-corrected chi connectivity index (χ0v) is 17.9. The third kappa shape index (κ3) is 4.02. The normalized spacial score (nSPS) is 11.4. The molecule has 33 heavy (non-hydrogen) atoms. The SMILES string of the molecule is Oc1ccc(-c2cc(O)cc3sc(-c4ccccc4/N=C/c4cccc(F)c4O)nc23)cc1. The van der Waals surface area contributed by atoms with E-state index in [0.717, 1.165) is 26.9 Å². The van der Waals surface area contributed by atoms with Crippen LogP contribution in [0.25, 0.3) is 31.9 Å². The average molecular weight is 456 g/mol. The summed E-state index contributed by atoms with van der Waals surface area (Å²) < 4.78 is 14.4. The molecule has 3 N–H and O–H groups in total. The molecule has 0 unspecified atom stereocenters. The Bertz CT molecular complexity index is 1510. The van der Waals surface area contributed by atoms with Gasteiger partial charge in [0.15, 0.2) is 11.6 Å². The van der Waals surface area contributed by atoms with Crippen molar-refractivity contribution in [1.29, 1.82) is 0 Å². The van der Waals surface area contributed by atoms with Crippen LogP contribution in [-0.4, -0.2) is 26.5 Å². The summed E-state index contributed by atoms with van der Waals surface area (Å²) in [7, 11) is 0. The van der Waals surface area contributed by atoms with Crippen molar-refractivity contribution < 1.29 is 19.7 Å². The molecule has 5 nitrogen and oxygen atoms in total. The highest BCUT2D eigenvalue weighted by molar-refractivity contribution is 7.21. The third-order valence-corrected chi connectivity index (χ3v) is 6.19. The lowest BCUT2D eigenvalue weighted by atomic mass is 10.0. The Kier molecular flexibility index (Phi) is 5.24. The smallest absolute Gasteiger partial charge is 0.165 e. The van der Waals surface area contributed by atoms with Gasteiger partial charge in [0.05, 0.1) is 15.9 Å². The van der Waals surface area contributed by atoms with Crippen LogP contribution in [0.4, 0.5) is 10.1 Å². The van der Waals surface area contributed by atoms with E-state index in [-0.39, 0.29) is 17.1 Å². The summed E-state index contributed by atoms with van der Waals surface area (Å²) in [5.41, 5.74) is 3.93. The van der Waals surface area contributed by atoms with Crippen LogP contribution in [0.2, 0.25) is 0 Å². The highest BCUT2D eigenvalue weighted by Crippen LogP contribution is 2.41. The van der Waals surface area contributed by atoms with Crippen molar-refractivity contribution in [2.24, 2.45) is 4.99 Å². The first kappa shape index (κ1) is 20.7. The Morgan fingerprint density at radius 2 is 1.61 bits per heavy atom. The maximum atomic E-state index is 13.6. The molecule has 0 amide bonds. The van der Waals surface area contributed by atoms with Gasteiger partial charge in [-0.25, -0.2) is 9.37 Å². The minimum Gasteiger partial charge on any atom is -0.508 e. The van der Waals surface area contributed by atoms with Gasteiger partial charge in [0.1, 0.15) is 16.5 Å². The van der Waals surface area contributed by atoms with Crippen molar-refractivity contribution in [3.8, 4) is 38.9 Å². The molecule has 162 valence electrons. The Balaban J connectivity index is 1.61. The van der Waals surface area contributed by atoms with Gasteiger partial charge in [-0.3, -0.25) is 4.99 Å². The van der Waals surface area contributed by atoms with E-state index in [4.69, 9.17) is 4.98 Å². The van der Waals surface area contributed by atoms with Gasteiger partial charge in [0.25, 0.3) is 0 Å². The summed E-state index contributed by atoms with van der Waals surface area (Å²) in [5.74, 6) is -0.883. The standard InChI is InChI=1S/C26H17FN2O3S/c27-21-6-3-4-16(25(21)32)14-28-22-7-2-1-5-19(22)26-29-24-20(12-18(31)13-23(24)33-26)15-8-10-17(30)11-9-15/h1-14,30-32H/b28-14+. The minimum absolute atomic E-state index is 0.119. The number of hydrogen-bond acceptors (Lipinski definition) is 6. The van der Waals surface area contributed by atoms with E-state index in [0.29, 0.717) is 10.7 Å². The fourth-order valence-corrected chi connectivity index (χ4v) is 4.59. The number of thiazole rings is 1. The lowest BCUT2D eigenvalue weighted by Gasteiger charge is -2.04. The molecule has 1 heterocycles. The van der Waals surface area contributed by atoms with Crippen LogP contribution in [0.3, 0.4) is 0 Å². The molecule has 7 heteroatoms. The zero-order valence-electron chi connectivity index (χ0n) is 17.1. The number of rotatable bonds is 4. The fraction of sp³-hybridized carbons (Fsp3) is 0. The summed E-state index contributed by atoms with van der Waals surface area (Å²) in [6.45, 7) is 0. The number of phenolic OH excluding ortho intramolecular Hbond substituents is 3. The third-order valence-electron chi connectivity index (χ3n) is 5.15. The number of phenols is 3. The molecule has 0 aliphatic carbocycles. The van der Waals surface area contributed by atoms with Crippen LogP contribution in [0.1, 0.15) is 5.56 Å². The van der Waals surface area contributed by atoms with Gasteiger partial charge >= 0.3 is 0 Å². The van der Waals surface area contributed by atoms with Crippen molar-refractivity contribution >= 4 is 33.5 Å². The second kappa shape index (κ2) is 8.37. The molecule has 0 saturated carbocycles. The summed E-state index contributed by atoms with van der Waals surface area (Å²) in [4.78, 5) is 9.30. The van der Waals surface area contributed by atoms with Crippen LogP contribution >= 0.6 is 11.3 Å². The monoisotopic (exact) mass is 456 g/mol. The van der Waals surface area contributed by atoms with Gasteiger partial charge in [-0.2, -0.15) is 0 Å². The first-order valence-corrected chi connectivity index (χ1v) is 10.8. The molecular formula is C26H17FN2O3S. The maximum Gasteiger partial charge on any atom is 0.165 e. The Labute approximate surface area is 192 Å². The van der Waals surface area contributed by atoms with Crippen molar-refractivity contribution in [1.82, 2.24) is 4.98 Å². The van der Waals surface area contributed by atoms with E-state index in [9.17, 15) is 19.7 Å². The Morgan fingerprint density at radius 1 is 0.818 bits per heavy atom. The molecule has 0 aliphatic heterocycles. The highest BCUT2D eigenvalue weighted by Gasteiger charge is 2.15. The predicted molar refractivity (Wildman–Crippen MR) is 129 cm³/mol. The van der Waals surface area contributed by atoms with Gasteiger partial charge in [-0.15, -0.1) is 11.3 Å². The van der Waals surface area contributed by atoms with Crippen LogP contribution in [-0.2, 0) is 0 Å². The van der Waals surface area contributed by atoms with Gasteiger partial charge < -0.3 is 15.3 Å². The summed E-state index contributed by atoms with van der Waals surface area (Å²) in [5, 5.41) is 30.5. The second-order valence-electron chi connectivity index (χ2n) is 7.36. The zero-order chi connectivity index (χ0) is 22.9. The lowest BCUT2D eigenvalue weighted by Crippen LogP contribution is -1.86. The van der Waals surface area contributed by atoms with E-state index in [1.54, 1.807) is 42.5 Å². The van der Waals surface area contributed by atoms with Crippen molar-refractivity contribution in [3.63, 3.8) is 0 Å². The molecule has 4 aromatic carbocycles. The van der Waals surface area contributed by atoms with E-state index < -0.39 is 11.6 Å². The van der Waals surface area contributed by atoms with Crippen molar-refractivity contribution in [3.05, 3.63) is 90.2 Å². The van der Waals surface area contributed by atoms with E-state index in [1.807, 2.05) is 24.3 Å². The number of aromatic nitrogens is 1. The predicted octanol–water partition coefficient (Wildman–Crippen LogP) is 6.64. The number of nitrogens with zero attached hydrogens (tertiary/aromatic N) is 2. The van der Waals surface area contributed by atoms with E-state index in [1.165, 1.54) is 29.7 Å². The quantitative estimate of drug-likeness (QED) is 0.265. The van der Waals surface area contributed by atoms with Gasteiger partial charge in [0, 0.05) is 22.9 Å². The number of hydrogen-bond donors (Lipinski definition) is 3. The van der Waals surface area contributed by atoms with Gasteiger partial charge in [-0.1, -0.05) is 30.3 Å². The lowest BCUT2D eigenvalue weighted by molar-refractivity contribution is 0.431. The molecule has 0 atom stereocenters. The average Bonchev–Trinajstić information content (AvgIpc) is 3.24. The van der Waals surface area contributed by atoms with Gasteiger partial charge in [0.2, 0.25) is 0 Å². The summed E-state index contributed by atoms with van der Waals surface area (Å²) in [6, 6.07) is 21.7. The highest BCUT2D eigenvalue weighted by atomic mass is 32.1. The largest absolute Gasteiger partial charge is 0.508 e. The first-order valence-electron chi connectivity index (χ1n) is 10.0. The van der Waals surface area contributed by atoms with Crippen LogP contribution in [0.5, 0.6) is 17.2 Å². The molecule has 0 radical (unpaired) electrons. The Morgan fingerprint density at radius 3 is 2.42 bits per heavy atom. The topological polar surface area (TPSA) is 85.9 Å². The van der Waals surface area contributed by atoms with Crippen LogP contribution in [0, 0.1) is 5.82 Å². The molecule has 0 spiro atoms. The second-order valence-corrected chi connectivity index (χ2v) is 8.39. The number of fused-ring (bicyclic) bond motifs is 1. The van der Waals surface area contributed by atoms with E-state index in [2.05, 4.69) is 4.99 Å². The molecular weight excluding hydrogens is 439 g/mol. The molecule has 0 fully saturated rings.